The smallest absolute Gasteiger partial charge is 0.346 e. The first-order valence-corrected chi connectivity index (χ1v) is 11.7. The molecule has 9 heteroatoms. The van der Waals surface area contributed by atoms with Crippen LogP contribution in [-0.2, 0) is 27.6 Å². The standard InChI is InChI=1S/C23H23F6IO2/c1-15(17-11-19(22(24,25)26)13-20(12-17)23(27,28)29)32-21(18-5-3-2-4-6-18)14-16(7-9-30)8-10-31-21/h2-6,11-13,15-16H,7-10,14H2,1H3/t15?,16-,21-/m1/s1. The normalized spacial score (nSPS) is 23.2. The van der Waals surface area contributed by atoms with Crippen LogP contribution in [0.4, 0.5) is 26.3 Å². The first-order chi connectivity index (χ1) is 14.9. The Morgan fingerprint density at radius 1 is 1.03 bits per heavy atom. The fourth-order valence-electron chi connectivity index (χ4n) is 3.94. The first kappa shape index (κ1) is 25.3. The fourth-order valence-corrected chi connectivity index (χ4v) is 4.82. The van der Waals surface area contributed by atoms with Crippen molar-refractivity contribution < 1.29 is 35.8 Å². The molecule has 1 unspecified atom stereocenters. The van der Waals surface area contributed by atoms with Crippen molar-refractivity contribution in [1.82, 2.24) is 0 Å². The maximum atomic E-state index is 13.3. The van der Waals surface area contributed by atoms with E-state index >= 15 is 0 Å². The summed E-state index contributed by atoms with van der Waals surface area (Å²) in [5, 5.41) is 0. The summed E-state index contributed by atoms with van der Waals surface area (Å²) < 4.78 is 93.0. The second kappa shape index (κ2) is 9.89. The van der Waals surface area contributed by atoms with E-state index in [0.717, 1.165) is 17.3 Å². The molecule has 176 valence electrons. The van der Waals surface area contributed by atoms with Gasteiger partial charge in [-0.1, -0.05) is 52.9 Å². The van der Waals surface area contributed by atoms with Crippen molar-refractivity contribution in [3.63, 3.8) is 0 Å². The van der Waals surface area contributed by atoms with Crippen molar-refractivity contribution in [2.45, 2.75) is 50.4 Å². The minimum Gasteiger partial charge on any atom is -0.346 e. The number of ether oxygens (including phenoxy) is 2. The van der Waals surface area contributed by atoms with Crippen molar-refractivity contribution >= 4 is 22.6 Å². The molecule has 2 aromatic carbocycles. The highest BCUT2D eigenvalue weighted by Crippen LogP contribution is 2.45. The van der Waals surface area contributed by atoms with E-state index in [1.165, 1.54) is 6.92 Å². The molecule has 0 N–H and O–H groups in total. The zero-order valence-electron chi connectivity index (χ0n) is 17.3. The Morgan fingerprint density at radius 2 is 1.62 bits per heavy atom. The lowest BCUT2D eigenvalue weighted by Crippen LogP contribution is -2.40. The van der Waals surface area contributed by atoms with Gasteiger partial charge in [0.05, 0.1) is 23.8 Å². The molecular weight excluding hydrogens is 549 g/mol. The van der Waals surface area contributed by atoms with Gasteiger partial charge in [-0.15, -0.1) is 0 Å². The van der Waals surface area contributed by atoms with Crippen LogP contribution in [0, 0.1) is 5.92 Å². The van der Waals surface area contributed by atoms with E-state index in [0.29, 0.717) is 30.7 Å². The molecule has 1 aliphatic rings. The van der Waals surface area contributed by atoms with Crippen LogP contribution in [0.25, 0.3) is 0 Å². The summed E-state index contributed by atoms with van der Waals surface area (Å²) >= 11 is 2.28. The van der Waals surface area contributed by atoms with Gasteiger partial charge >= 0.3 is 12.4 Å². The van der Waals surface area contributed by atoms with Crippen molar-refractivity contribution in [3.05, 3.63) is 70.8 Å². The Morgan fingerprint density at radius 3 is 2.16 bits per heavy atom. The van der Waals surface area contributed by atoms with Crippen LogP contribution in [0.2, 0.25) is 0 Å². The number of rotatable bonds is 6. The van der Waals surface area contributed by atoms with E-state index in [2.05, 4.69) is 22.6 Å². The van der Waals surface area contributed by atoms with E-state index < -0.39 is 35.4 Å². The first-order valence-electron chi connectivity index (χ1n) is 10.2. The van der Waals surface area contributed by atoms with Gasteiger partial charge in [-0.25, -0.2) is 0 Å². The van der Waals surface area contributed by atoms with Gasteiger partial charge in [0.25, 0.3) is 0 Å². The summed E-state index contributed by atoms with van der Waals surface area (Å²) in [6.07, 6.45) is -8.71. The van der Waals surface area contributed by atoms with Crippen LogP contribution in [0.5, 0.6) is 0 Å². The predicted molar refractivity (Wildman–Crippen MR) is 116 cm³/mol. The van der Waals surface area contributed by atoms with Gasteiger partial charge < -0.3 is 9.47 Å². The van der Waals surface area contributed by atoms with E-state index in [1.54, 1.807) is 24.3 Å². The molecule has 0 saturated carbocycles. The summed E-state index contributed by atoms with van der Waals surface area (Å²) in [6.45, 7) is 1.84. The van der Waals surface area contributed by atoms with Crippen LogP contribution in [0.1, 0.15) is 54.5 Å². The van der Waals surface area contributed by atoms with Gasteiger partial charge in [0.15, 0.2) is 5.79 Å². The molecule has 1 saturated heterocycles. The third-order valence-corrected chi connectivity index (χ3v) is 6.22. The summed E-state index contributed by atoms with van der Waals surface area (Å²) in [4.78, 5) is 0. The minimum atomic E-state index is -4.92. The number of alkyl halides is 7. The van der Waals surface area contributed by atoms with Crippen LogP contribution < -0.4 is 0 Å². The number of benzene rings is 2. The number of halogens is 7. The highest BCUT2D eigenvalue weighted by molar-refractivity contribution is 14.1. The molecule has 0 aromatic heterocycles. The lowest BCUT2D eigenvalue weighted by atomic mass is 9.87. The molecule has 1 fully saturated rings. The van der Waals surface area contributed by atoms with E-state index in [4.69, 9.17) is 9.47 Å². The predicted octanol–water partition coefficient (Wildman–Crippen LogP) is 7.91. The van der Waals surface area contributed by atoms with Gasteiger partial charge in [0.2, 0.25) is 0 Å². The van der Waals surface area contributed by atoms with Crippen LogP contribution in [0.3, 0.4) is 0 Å². The minimum absolute atomic E-state index is 0.122. The van der Waals surface area contributed by atoms with Gasteiger partial charge in [0, 0.05) is 12.0 Å². The second-order valence-corrected chi connectivity index (χ2v) is 8.98. The topological polar surface area (TPSA) is 18.5 Å². The van der Waals surface area contributed by atoms with Crippen LogP contribution in [0.15, 0.2) is 48.5 Å². The Bertz CT molecular complexity index is 865. The number of hydrogen-bond acceptors (Lipinski definition) is 2. The molecule has 0 bridgehead atoms. The summed E-state index contributed by atoms with van der Waals surface area (Å²) in [5.74, 6) is -0.984. The quantitative estimate of drug-likeness (QED) is 0.199. The average molecular weight is 572 g/mol. The Kier molecular flexibility index (Phi) is 7.81. The summed E-state index contributed by atoms with van der Waals surface area (Å²) in [7, 11) is 0. The van der Waals surface area contributed by atoms with E-state index in [-0.39, 0.29) is 17.5 Å². The van der Waals surface area contributed by atoms with E-state index in [1.807, 2.05) is 6.07 Å². The van der Waals surface area contributed by atoms with E-state index in [9.17, 15) is 26.3 Å². The lowest BCUT2D eigenvalue weighted by Gasteiger charge is -2.42. The third kappa shape index (κ3) is 5.96. The van der Waals surface area contributed by atoms with Gasteiger partial charge in [-0.05, 0) is 53.9 Å². The van der Waals surface area contributed by atoms with Crippen molar-refractivity contribution in [3.8, 4) is 0 Å². The average Bonchev–Trinajstić information content (AvgIpc) is 2.73. The highest BCUT2D eigenvalue weighted by atomic mass is 127. The van der Waals surface area contributed by atoms with Gasteiger partial charge in [-0.3, -0.25) is 0 Å². The monoisotopic (exact) mass is 572 g/mol. The molecule has 0 radical (unpaired) electrons. The maximum Gasteiger partial charge on any atom is 0.416 e. The second-order valence-electron chi connectivity index (χ2n) is 7.90. The number of hydrogen-bond donors (Lipinski definition) is 0. The third-order valence-electron chi connectivity index (χ3n) is 5.60. The van der Waals surface area contributed by atoms with Crippen molar-refractivity contribution in [2.75, 3.05) is 11.0 Å². The fraction of sp³-hybridized carbons (Fsp3) is 0.478. The molecule has 3 atom stereocenters. The van der Waals surface area contributed by atoms with Crippen LogP contribution >= 0.6 is 22.6 Å². The summed E-state index contributed by atoms with van der Waals surface area (Å²) in [6, 6.07) is 10.5. The Hall–Kier alpha value is -1.33. The lowest BCUT2D eigenvalue weighted by molar-refractivity contribution is -0.294. The van der Waals surface area contributed by atoms with Crippen molar-refractivity contribution in [1.29, 1.82) is 0 Å². The molecule has 0 aliphatic carbocycles. The molecule has 0 spiro atoms. The molecule has 2 nitrogen and oxygen atoms in total. The molecular formula is C23H23F6IO2. The molecule has 0 amide bonds. The zero-order chi connectivity index (χ0) is 23.6. The Labute approximate surface area is 196 Å². The molecule has 3 rings (SSSR count). The molecule has 32 heavy (non-hydrogen) atoms. The summed E-state index contributed by atoms with van der Waals surface area (Å²) in [5.41, 5.74) is -2.24. The largest absolute Gasteiger partial charge is 0.416 e. The van der Waals surface area contributed by atoms with Gasteiger partial charge in [0.1, 0.15) is 0 Å². The highest BCUT2D eigenvalue weighted by Gasteiger charge is 2.43. The Balaban J connectivity index is 2.00. The van der Waals surface area contributed by atoms with Gasteiger partial charge in [-0.2, -0.15) is 26.3 Å². The molecule has 1 heterocycles. The van der Waals surface area contributed by atoms with Crippen LogP contribution in [-0.4, -0.2) is 11.0 Å². The zero-order valence-corrected chi connectivity index (χ0v) is 19.4. The molecule has 2 aromatic rings. The SMILES string of the molecule is CC(O[C@@]1(c2ccccc2)C[C@H](CCI)CCO1)c1cc(C(F)(F)F)cc(C(F)(F)F)c1. The maximum absolute atomic E-state index is 13.3. The van der Waals surface area contributed by atoms with Crippen molar-refractivity contribution in [2.24, 2.45) is 5.92 Å². The molecule has 1 aliphatic heterocycles.